The minimum atomic E-state index is -0.417. The number of nitrogens with zero attached hydrogens (tertiary/aromatic N) is 2. The van der Waals surface area contributed by atoms with E-state index in [-0.39, 0.29) is 17.5 Å². The summed E-state index contributed by atoms with van der Waals surface area (Å²) in [7, 11) is 0. The number of hydrogen-bond donors (Lipinski definition) is 0. The molecule has 140 valence electrons. The van der Waals surface area contributed by atoms with E-state index in [0.29, 0.717) is 19.4 Å². The highest BCUT2D eigenvalue weighted by atomic mass is 16.2. The molecule has 5 nitrogen and oxygen atoms in total. The van der Waals surface area contributed by atoms with Gasteiger partial charge in [0.15, 0.2) is 5.78 Å². The number of aryl methyl sites for hydroxylation is 1. The number of carbonyl (C=O) groups is 3. The first-order chi connectivity index (χ1) is 12.7. The van der Waals surface area contributed by atoms with Crippen LogP contribution in [0.4, 0.5) is 0 Å². The molecule has 2 fully saturated rings. The molecule has 0 radical (unpaired) electrons. The lowest BCUT2D eigenvalue weighted by Crippen LogP contribution is -2.45. The summed E-state index contributed by atoms with van der Waals surface area (Å²) in [6.45, 7) is 0.538. The predicted molar refractivity (Wildman–Crippen MR) is 98.5 cm³/mol. The molecule has 5 heteroatoms. The zero-order valence-electron chi connectivity index (χ0n) is 15.4. The molecule has 0 aromatic carbocycles. The van der Waals surface area contributed by atoms with Crippen LogP contribution in [0.1, 0.15) is 63.4 Å². The van der Waals surface area contributed by atoms with Crippen molar-refractivity contribution in [3.8, 4) is 0 Å². The monoisotopic (exact) mass is 356 g/mol. The Balaban J connectivity index is 1.52. The molecule has 1 atom stereocenters. The minimum Gasteiger partial charge on any atom is -0.326 e. The summed E-state index contributed by atoms with van der Waals surface area (Å²) in [5.41, 5.74) is 1.12. The van der Waals surface area contributed by atoms with E-state index in [1.54, 1.807) is 11.1 Å². The van der Waals surface area contributed by atoms with Crippen LogP contribution in [0.5, 0.6) is 0 Å². The van der Waals surface area contributed by atoms with Crippen LogP contribution in [0, 0.1) is 5.92 Å². The third-order valence-electron chi connectivity index (χ3n) is 5.68. The SMILES string of the molecule is O=C(C(=O)N1CCCC1C(=O)CCCc1cccnc1)C1CCCCC1. The quantitative estimate of drug-likeness (QED) is 0.704. The lowest BCUT2D eigenvalue weighted by molar-refractivity contribution is -0.149. The Hall–Kier alpha value is -2.04. The van der Waals surface area contributed by atoms with Crippen molar-refractivity contribution in [1.82, 2.24) is 9.88 Å². The molecule has 1 aliphatic heterocycles. The maximum absolute atomic E-state index is 12.7. The first kappa shape index (κ1) is 18.7. The summed E-state index contributed by atoms with van der Waals surface area (Å²) in [6.07, 6.45) is 11.9. The highest BCUT2D eigenvalue weighted by molar-refractivity contribution is 6.37. The van der Waals surface area contributed by atoms with Gasteiger partial charge < -0.3 is 4.90 Å². The van der Waals surface area contributed by atoms with Gasteiger partial charge in [-0.15, -0.1) is 0 Å². The minimum absolute atomic E-state index is 0.0937. The van der Waals surface area contributed by atoms with Gasteiger partial charge in [0.25, 0.3) is 5.91 Å². The molecule has 0 spiro atoms. The number of hydrogen-bond acceptors (Lipinski definition) is 4. The Morgan fingerprint density at radius 2 is 1.88 bits per heavy atom. The van der Waals surface area contributed by atoms with Gasteiger partial charge in [-0.05, 0) is 50.2 Å². The van der Waals surface area contributed by atoms with Gasteiger partial charge in [-0.25, -0.2) is 0 Å². The molecule has 2 heterocycles. The molecule has 1 amide bonds. The number of rotatable bonds is 7. The van der Waals surface area contributed by atoms with Gasteiger partial charge in [-0.1, -0.05) is 25.3 Å². The van der Waals surface area contributed by atoms with E-state index >= 15 is 0 Å². The highest BCUT2D eigenvalue weighted by Gasteiger charge is 2.38. The van der Waals surface area contributed by atoms with Crippen LogP contribution in [-0.4, -0.2) is 39.9 Å². The van der Waals surface area contributed by atoms with E-state index < -0.39 is 11.9 Å². The zero-order valence-corrected chi connectivity index (χ0v) is 15.4. The Morgan fingerprint density at radius 1 is 1.08 bits per heavy atom. The molecule has 1 saturated carbocycles. The lowest BCUT2D eigenvalue weighted by Gasteiger charge is -2.26. The maximum atomic E-state index is 12.7. The number of likely N-dealkylation sites (tertiary alicyclic amines) is 1. The first-order valence-electron chi connectivity index (χ1n) is 9.93. The van der Waals surface area contributed by atoms with Crippen molar-refractivity contribution >= 4 is 17.5 Å². The first-order valence-corrected chi connectivity index (χ1v) is 9.93. The van der Waals surface area contributed by atoms with Gasteiger partial charge in [0.2, 0.25) is 5.78 Å². The van der Waals surface area contributed by atoms with Crippen molar-refractivity contribution in [3.05, 3.63) is 30.1 Å². The van der Waals surface area contributed by atoms with Gasteiger partial charge in [0.05, 0.1) is 6.04 Å². The molecule has 1 aliphatic carbocycles. The van der Waals surface area contributed by atoms with Crippen LogP contribution in [0.3, 0.4) is 0 Å². The molecular weight excluding hydrogens is 328 g/mol. The van der Waals surface area contributed by atoms with E-state index in [1.165, 1.54) is 0 Å². The van der Waals surface area contributed by atoms with Crippen molar-refractivity contribution < 1.29 is 14.4 Å². The maximum Gasteiger partial charge on any atom is 0.290 e. The van der Waals surface area contributed by atoms with Gasteiger partial charge in [-0.3, -0.25) is 19.4 Å². The van der Waals surface area contributed by atoms with Crippen LogP contribution in [-0.2, 0) is 20.8 Å². The summed E-state index contributed by atoms with van der Waals surface area (Å²) in [5, 5.41) is 0. The Morgan fingerprint density at radius 3 is 2.62 bits per heavy atom. The average Bonchev–Trinajstić information content (AvgIpc) is 3.18. The third kappa shape index (κ3) is 4.57. The van der Waals surface area contributed by atoms with Gasteiger partial charge in [0.1, 0.15) is 0 Å². The topological polar surface area (TPSA) is 67.3 Å². The van der Waals surface area contributed by atoms with Crippen molar-refractivity contribution in [1.29, 1.82) is 0 Å². The molecule has 3 rings (SSSR count). The summed E-state index contributed by atoms with van der Waals surface area (Å²) < 4.78 is 0. The molecule has 0 bridgehead atoms. The second-order valence-corrected chi connectivity index (χ2v) is 7.54. The van der Waals surface area contributed by atoms with Crippen molar-refractivity contribution in [2.45, 2.75) is 70.3 Å². The molecule has 0 N–H and O–H groups in total. The molecule has 1 aromatic heterocycles. The van der Waals surface area contributed by atoms with Gasteiger partial charge >= 0.3 is 0 Å². The molecular formula is C21H28N2O3. The van der Waals surface area contributed by atoms with Crippen LogP contribution >= 0.6 is 0 Å². The van der Waals surface area contributed by atoms with Crippen LogP contribution in [0.15, 0.2) is 24.5 Å². The summed E-state index contributed by atoms with van der Waals surface area (Å²) in [5.74, 6) is -0.714. The summed E-state index contributed by atoms with van der Waals surface area (Å²) in [6, 6.07) is 3.50. The van der Waals surface area contributed by atoms with Crippen LogP contribution < -0.4 is 0 Å². The second-order valence-electron chi connectivity index (χ2n) is 7.54. The van der Waals surface area contributed by atoms with E-state index in [9.17, 15) is 14.4 Å². The Labute approximate surface area is 155 Å². The molecule has 1 aromatic rings. The number of pyridine rings is 1. The van der Waals surface area contributed by atoms with Crippen molar-refractivity contribution in [2.24, 2.45) is 5.92 Å². The van der Waals surface area contributed by atoms with E-state index in [0.717, 1.165) is 56.9 Å². The number of amides is 1. The van der Waals surface area contributed by atoms with E-state index in [2.05, 4.69) is 4.98 Å². The molecule has 26 heavy (non-hydrogen) atoms. The normalized spacial score (nSPS) is 20.9. The fraction of sp³-hybridized carbons (Fsp3) is 0.619. The Bertz CT molecular complexity index is 638. The predicted octanol–water partition coefficient (Wildman–Crippen LogP) is 3.11. The summed E-state index contributed by atoms with van der Waals surface area (Å²) in [4.78, 5) is 43.5. The number of carbonyl (C=O) groups excluding carboxylic acids is 3. The number of Topliss-reactive ketones (excluding diaryl/α,β-unsaturated/α-hetero) is 2. The average molecular weight is 356 g/mol. The highest BCUT2D eigenvalue weighted by Crippen LogP contribution is 2.27. The van der Waals surface area contributed by atoms with Crippen LogP contribution in [0.25, 0.3) is 0 Å². The fourth-order valence-corrected chi connectivity index (χ4v) is 4.20. The molecule has 1 unspecified atom stereocenters. The van der Waals surface area contributed by atoms with E-state index in [1.807, 2.05) is 18.3 Å². The van der Waals surface area contributed by atoms with Crippen molar-refractivity contribution in [3.63, 3.8) is 0 Å². The summed E-state index contributed by atoms with van der Waals surface area (Å²) >= 11 is 0. The fourth-order valence-electron chi connectivity index (χ4n) is 4.20. The Kier molecular flexibility index (Phi) is 6.53. The van der Waals surface area contributed by atoms with Gasteiger partial charge in [0, 0.05) is 31.3 Å². The third-order valence-corrected chi connectivity index (χ3v) is 5.68. The standard InChI is InChI=1S/C21H28N2O3/c24-19(12-4-7-16-8-5-13-22-15-16)18-11-6-14-23(18)21(26)20(25)17-9-2-1-3-10-17/h5,8,13,15,17-18H,1-4,6-7,9-12,14H2. The molecule has 1 saturated heterocycles. The zero-order chi connectivity index (χ0) is 18.4. The lowest BCUT2D eigenvalue weighted by atomic mass is 9.85. The largest absolute Gasteiger partial charge is 0.326 e. The van der Waals surface area contributed by atoms with E-state index in [4.69, 9.17) is 0 Å². The smallest absolute Gasteiger partial charge is 0.290 e. The van der Waals surface area contributed by atoms with Crippen LogP contribution in [0.2, 0.25) is 0 Å². The number of ketones is 2. The second kappa shape index (κ2) is 9.06. The molecule has 2 aliphatic rings. The van der Waals surface area contributed by atoms with Gasteiger partial charge in [-0.2, -0.15) is 0 Å². The number of aromatic nitrogens is 1. The van der Waals surface area contributed by atoms with Crippen molar-refractivity contribution in [2.75, 3.05) is 6.54 Å².